The van der Waals surface area contributed by atoms with E-state index in [1.54, 1.807) is 113 Å². The first kappa shape index (κ1) is 114. The molecule has 16 rings (SSSR count). The molecule has 11 aromatic rings. The highest BCUT2D eigenvalue weighted by Crippen LogP contribution is 2.77. The zero-order chi connectivity index (χ0) is 102. The van der Waals surface area contributed by atoms with Crippen LogP contribution in [0.1, 0.15) is 53.0 Å². The van der Waals surface area contributed by atoms with Crippen LogP contribution < -0.4 is 88.1 Å². The van der Waals surface area contributed by atoms with Gasteiger partial charge in [0, 0.05) is 84.0 Å². The predicted molar refractivity (Wildman–Crippen MR) is 444 cm³/mol. The number of halogens is 1. The van der Waals surface area contributed by atoms with Gasteiger partial charge in [-0.1, -0.05) is 24.3 Å². The molecule has 136 heavy (non-hydrogen) atoms. The molecule has 0 saturated carbocycles. The zero-order valence-electron chi connectivity index (χ0n) is 69.4. The van der Waals surface area contributed by atoms with E-state index in [1.807, 2.05) is 29.3 Å². The molecule has 2 aromatic carbocycles. The average Bonchev–Trinajstić information content (AvgIpc) is 1.59. The number of imidazole rings is 4. The van der Waals surface area contributed by atoms with Gasteiger partial charge in [-0.05, 0) is 62.3 Å². The molecule has 79 heteroatoms. The highest BCUT2D eigenvalue weighted by Gasteiger charge is 2.49. The Morgan fingerprint density at radius 3 is 1.68 bits per heavy atom. The van der Waals surface area contributed by atoms with Gasteiger partial charge in [0.2, 0.25) is 5.95 Å². The maximum absolute atomic E-state index is 11.2. The standard InChI is InChI=1S/C8H7N5.C7H4ClO3P.C7H7O10P3.C6H7N5O.C6H7N5.C6H8N2O2.C6H15O12P3.C6H13O10P3.C5H7N3O.H4O7P2/c1-12-4-10-6-7(12)11-5-13-3-2-9-8(6)13;8-12-10-6-4-2-1-3-5(6)7(9)11-12;8-7(9)5-3-1-2-4-6(5)14-18-15-19(10,11)17-20(12,13)16-18;1-11-2-8-3-4(11)9-6(7)10-5(3)12;1-11-3-10-4-5(7)8-2-9-6(4)11;1-4-3-8(2)6(10)7-5(4)9;1-4-2-5(7)6(16-4)3-15-20(11,12)18-21(13,14)17-19(8,9)10;1-4-2-5(7)6(13-4)3-12-17-14-18(8,9)16-19(10,11)15-17;1-8-3-2-4(6)7-5(8)9;1-8(2,3)7-9(4,5)6/h2-5H,1H3;1-4H;1-4H,(H,8,9)(H,10,11)(H,12,13);2H,1H3,(H3,7,9,10,12);2-3H,1H3,(H2,7,8,9);3H,1-2H3,(H,7,9,10);4-7H,2-3H2,1H3,(H,11,12)(H,13,14)(H2,8,9,10);4-7H,2-3H2,1H3,(H,8,9)(H,10,11);2-3H,1H3,(H2,6,7,9);(H2,1,2,3)(H2,4,5,6)/p-8/t;;;;;;2*4-,5?,6+;;/m......00../s1. The lowest BCUT2D eigenvalue weighted by atomic mass is 10.1. The zero-order valence-corrected chi connectivity index (χ0v) is 80.9. The van der Waals surface area contributed by atoms with Crippen LogP contribution in [-0.4, -0.2) is 179 Å². The van der Waals surface area contributed by atoms with Crippen LogP contribution in [0, 0.1) is 6.92 Å². The molecular weight excluding hydrogens is 2110 g/mol. The van der Waals surface area contributed by atoms with Crippen LogP contribution in [0.5, 0.6) is 11.5 Å². The molecule has 5 aliphatic rings. The van der Waals surface area contributed by atoms with E-state index in [9.17, 15) is 119 Å². The summed E-state index contributed by atoms with van der Waals surface area (Å²) in [6.07, 6.45) is 11.5. The number of aliphatic hydroxyl groups excluding tert-OH is 2. The Labute approximate surface area is 766 Å². The maximum Gasteiger partial charge on any atom is 0.488 e. The van der Waals surface area contributed by atoms with Crippen LogP contribution >= 0.6 is 107 Å². The molecule has 0 spiro atoms. The summed E-state index contributed by atoms with van der Waals surface area (Å²) in [5, 5.41) is 29.8. The number of carboxylic acids is 1. The summed E-state index contributed by atoms with van der Waals surface area (Å²) >= 11 is 5.54. The summed E-state index contributed by atoms with van der Waals surface area (Å²) < 4.78 is 173. The Balaban J connectivity index is 0.000000209. The number of anilines is 3. The summed E-state index contributed by atoms with van der Waals surface area (Å²) in [4.78, 5) is 220. The van der Waals surface area contributed by atoms with E-state index in [4.69, 9.17) is 76.0 Å². The summed E-state index contributed by atoms with van der Waals surface area (Å²) in [6.45, 7) is 4.11. The number of aromatic amines is 2. The Hall–Kier alpha value is -8.50. The molecule has 14 heterocycles. The number of rotatable bonds is 15. The van der Waals surface area contributed by atoms with E-state index in [2.05, 4.69) is 103 Å². The van der Waals surface area contributed by atoms with Crippen molar-refractivity contribution in [2.45, 2.75) is 70.2 Å². The van der Waals surface area contributed by atoms with Gasteiger partial charge in [-0.15, -0.1) is 0 Å². The minimum atomic E-state index is -5.70. The molecule has 5 aliphatic heterocycles. The number of carboxylic acid groups (broad SMARTS) is 1. The minimum absolute atomic E-state index is 0.108. The van der Waals surface area contributed by atoms with E-state index < -0.39 is 144 Å². The number of phosphoric ester groups is 1. The second-order valence-electron chi connectivity index (χ2n) is 26.2. The van der Waals surface area contributed by atoms with E-state index in [0.717, 1.165) is 34.6 Å². The lowest BCUT2D eigenvalue weighted by Gasteiger charge is -2.37. The smallest absolute Gasteiger partial charge is 0.488 e. The number of para-hydroxylation sites is 2. The second kappa shape index (κ2) is 48.6. The third-order valence-corrected chi connectivity index (χ3v) is 31.2. The first-order valence-electron chi connectivity index (χ1n) is 35.8. The number of nitrogen functional groups attached to an aromatic ring is 3. The van der Waals surface area contributed by atoms with Gasteiger partial charge in [0.1, 0.15) is 53.3 Å². The molecule has 0 radical (unpaired) electrons. The van der Waals surface area contributed by atoms with Gasteiger partial charge in [-0.2, -0.15) is 14.3 Å². The predicted octanol–water partition coefficient (Wildman–Crippen LogP) is -2.17. The van der Waals surface area contributed by atoms with E-state index in [-0.39, 0.29) is 65.2 Å². The fourth-order valence-corrected chi connectivity index (χ4v) is 23.2. The molecule has 11 unspecified atom stereocenters. The van der Waals surface area contributed by atoms with Crippen molar-refractivity contribution in [2.75, 3.05) is 30.4 Å². The van der Waals surface area contributed by atoms with E-state index >= 15 is 0 Å². The number of nitrogens with two attached hydrogens (primary N) is 3. The summed E-state index contributed by atoms with van der Waals surface area (Å²) in [5.74, 6) is -1.11. The molecule has 750 valence electrons. The van der Waals surface area contributed by atoms with Crippen molar-refractivity contribution < 1.29 is 196 Å². The van der Waals surface area contributed by atoms with Crippen molar-refractivity contribution in [1.82, 2.24) is 82.1 Å². The van der Waals surface area contributed by atoms with Crippen molar-refractivity contribution in [3.8, 4) is 11.5 Å². The van der Waals surface area contributed by atoms with Crippen molar-refractivity contribution in [1.29, 1.82) is 0 Å². The van der Waals surface area contributed by atoms with Gasteiger partial charge in [-0.3, -0.25) is 51.1 Å². The number of aliphatic hydroxyl groups is 2. The molecule has 0 aliphatic carbocycles. The summed E-state index contributed by atoms with van der Waals surface area (Å²) in [6, 6.07) is 13.4. The van der Waals surface area contributed by atoms with Gasteiger partial charge in [-0.25, -0.2) is 93.1 Å². The van der Waals surface area contributed by atoms with Gasteiger partial charge in [0.05, 0.1) is 70.4 Å². The number of carbonyl (C=O) groups is 2. The number of benzene rings is 2. The summed E-state index contributed by atoms with van der Waals surface area (Å²) in [7, 11) is -45.8. The van der Waals surface area contributed by atoms with Gasteiger partial charge in [0.15, 0.2) is 39.4 Å². The highest BCUT2D eigenvalue weighted by molar-refractivity contribution is 7.77. The second-order valence-corrected chi connectivity index (χ2v) is 43.5. The highest BCUT2D eigenvalue weighted by atomic mass is 35.7. The Morgan fingerprint density at radius 2 is 1.15 bits per heavy atom. The number of aromatic carboxylic acids is 1. The first-order chi connectivity index (χ1) is 62.8. The number of nitrogens with zero attached hydrogens (tertiary/aromatic N) is 15. The molecule has 9 aromatic heterocycles. The Bertz CT molecular complexity index is 6670. The molecule has 4 saturated heterocycles. The lowest BCUT2D eigenvalue weighted by Crippen LogP contribution is -2.28. The number of carbonyl (C=O) groups excluding carboxylic acids is 2. The first-order valence-corrected chi connectivity index (χ1v) is 53.4. The van der Waals surface area contributed by atoms with E-state index in [0.29, 0.717) is 45.8 Å². The Morgan fingerprint density at radius 1 is 0.610 bits per heavy atom. The monoisotopic (exact) mass is 2180 g/mol. The maximum atomic E-state index is 11.2. The van der Waals surface area contributed by atoms with Crippen LogP contribution in [0.4, 0.5) is 17.6 Å². The number of phosphoric acid groups is 9. The normalized spacial score (nSPS) is 24.8. The fourth-order valence-electron chi connectivity index (χ4n) is 9.98. The molecule has 15 atom stereocenters. The molecule has 0 amide bonds. The molecule has 4 fully saturated rings. The number of hydrogen-bond acceptors (Lipinski definition) is 53. The largest absolute Gasteiger partial charge is 0.790 e. The SMILES string of the molecule is C[C@H]1CC(O)[C@@H](COP(=O)([O-])OP(=O)(O)OP(=O)([O-])O)O1.C[C@H]1CC(O)[C@@H](COP2OP(=O)(O)OP(=O)(O)O2)O1.Cc1cn(C)c(=O)[nH]c1=O.Cn1ccc(N)nc1=O.Cn1cnc2c(=O)[nH]c(N)nc21.Cn1cnc2c(N)ncnc21.Cn1cnc2c1ncn1ccnc21.O=C([O-])c1ccccc1OP1OP(=O)([O-])OP(=O)([O-])O1.O=C1OP(Cl)Oc2ccccc21.O=P([O-])([O-])OP(=O)([O-])O. The van der Waals surface area contributed by atoms with Gasteiger partial charge in [0.25, 0.3) is 50.2 Å². The van der Waals surface area contributed by atoms with Gasteiger partial charge >= 0.3 is 65.7 Å². The Kier molecular flexibility index (Phi) is 40.9. The number of ether oxygens (including phenoxy) is 2. The average molecular weight is 2180 g/mol. The summed E-state index contributed by atoms with van der Waals surface area (Å²) in [5.41, 5.74) is 20.1. The third-order valence-electron chi connectivity index (χ3n) is 15.5. The quantitative estimate of drug-likeness (QED) is 0.0486. The van der Waals surface area contributed by atoms with Crippen LogP contribution in [0.15, 0.2) is 130 Å². The van der Waals surface area contributed by atoms with Crippen LogP contribution in [0.3, 0.4) is 0 Å². The number of aromatic nitrogens is 17. The van der Waals surface area contributed by atoms with Crippen LogP contribution in [0.25, 0.3) is 39.1 Å². The number of aryl methyl sites for hydroxylation is 6. The van der Waals surface area contributed by atoms with Gasteiger partial charge < -0.3 is 156 Å². The van der Waals surface area contributed by atoms with Crippen molar-refractivity contribution >= 4 is 175 Å². The number of hydrogen-bond donors (Lipinski definition) is 12. The van der Waals surface area contributed by atoms with Crippen LogP contribution in [-0.2, 0) is 138 Å². The molecular formula is C57H71ClN20O46P12-8. The molecule has 0 bridgehead atoms. The number of H-pyrrole nitrogens is 2. The topological polar surface area (TPSA) is 985 Å². The number of fused-ring (bicyclic) bond motifs is 6. The van der Waals surface area contributed by atoms with Crippen molar-refractivity contribution in [3.63, 3.8) is 0 Å². The van der Waals surface area contributed by atoms with Crippen molar-refractivity contribution in [3.05, 3.63) is 169 Å². The third kappa shape index (κ3) is 37.6. The fraction of sp³-hybridized carbons (Fsp3) is 0.316. The van der Waals surface area contributed by atoms with E-state index in [1.165, 1.54) is 40.1 Å². The van der Waals surface area contributed by atoms with Crippen LogP contribution in [0.2, 0.25) is 0 Å². The minimum Gasteiger partial charge on any atom is -0.790 e. The van der Waals surface area contributed by atoms with Crippen molar-refractivity contribution in [2.24, 2.45) is 35.2 Å². The molecule has 66 nitrogen and oxygen atoms in total. The molecule has 15 N–H and O–H groups in total. The number of nitrogens with one attached hydrogen (secondary N) is 2. The lowest BCUT2D eigenvalue weighted by molar-refractivity contribution is -0.339.